The van der Waals surface area contributed by atoms with Gasteiger partial charge >= 0.3 is 0 Å². The van der Waals surface area contributed by atoms with E-state index < -0.39 is 0 Å². The van der Waals surface area contributed by atoms with E-state index in [2.05, 4.69) is 37.4 Å². The monoisotopic (exact) mass is 376 g/mol. The van der Waals surface area contributed by atoms with Crippen LogP contribution >= 0.6 is 0 Å². The average Bonchev–Trinajstić information content (AvgIpc) is 3.36. The van der Waals surface area contributed by atoms with Crippen LogP contribution in [0.4, 0.5) is 11.5 Å². The van der Waals surface area contributed by atoms with Gasteiger partial charge in [0, 0.05) is 30.5 Å². The molecule has 1 fully saturated rings. The van der Waals surface area contributed by atoms with Gasteiger partial charge in [0.1, 0.15) is 12.1 Å². The minimum absolute atomic E-state index is 0.0472. The number of fused-ring (bicyclic) bond motifs is 2. The number of hydrogen-bond acceptors (Lipinski definition) is 5. The molecule has 0 saturated carbocycles. The molecule has 1 aliphatic heterocycles. The molecule has 1 N–H and O–H groups in total. The highest BCUT2D eigenvalue weighted by Gasteiger charge is 2.28. The first-order valence-electron chi connectivity index (χ1n) is 10.0. The predicted octanol–water partition coefficient (Wildman–Crippen LogP) is 2.78. The van der Waals surface area contributed by atoms with Crippen molar-refractivity contribution in [2.24, 2.45) is 5.92 Å². The summed E-state index contributed by atoms with van der Waals surface area (Å²) in [5, 5.41) is 7.45. The standard InChI is InChI=1S/C21H24N6O/c1-14-10-19(27-21(24-14)22-13-23-27)26-9-3-6-17(12-26)20(28)25-18-8-7-15-4-2-5-16(15)11-18/h7-8,10-11,13,17H,2-6,9,12H2,1H3,(H,25,28)/t17-/m0/s1. The summed E-state index contributed by atoms with van der Waals surface area (Å²) in [6.45, 7) is 3.54. The van der Waals surface area contributed by atoms with E-state index in [0.29, 0.717) is 12.3 Å². The number of nitrogens with one attached hydrogen (secondary N) is 1. The van der Waals surface area contributed by atoms with Crippen molar-refractivity contribution >= 4 is 23.2 Å². The zero-order valence-electron chi connectivity index (χ0n) is 16.1. The van der Waals surface area contributed by atoms with E-state index in [-0.39, 0.29) is 11.8 Å². The Labute approximate surface area is 163 Å². The number of aromatic nitrogens is 4. The van der Waals surface area contributed by atoms with Gasteiger partial charge in [-0.15, -0.1) is 0 Å². The first-order chi connectivity index (χ1) is 13.7. The number of piperidine rings is 1. The van der Waals surface area contributed by atoms with Gasteiger partial charge in [-0.25, -0.2) is 4.98 Å². The molecule has 1 aliphatic carbocycles. The summed E-state index contributed by atoms with van der Waals surface area (Å²) in [6, 6.07) is 8.36. The van der Waals surface area contributed by atoms with Crippen LogP contribution in [0.15, 0.2) is 30.6 Å². The molecule has 0 unspecified atom stereocenters. The van der Waals surface area contributed by atoms with E-state index in [0.717, 1.165) is 49.4 Å². The lowest BCUT2D eigenvalue weighted by atomic mass is 9.97. The highest BCUT2D eigenvalue weighted by molar-refractivity contribution is 5.93. The molecule has 28 heavy (non-hydrogen) atoms. The molecule has 3 heterocycles. The molecule has 7 heteroatoms. The highest BCUT2D eigenvalue weighted by atomic mass is 16.1. The maximum absolute atomic E-state index is 12.9. The third kappa shape index (κ3) is 3.10. The SMILES string of the molecule is Cc1cc(N2CCC[C@H](C(=O)Nc3ccc4c(c3)CCC4)C2)n2ncnc2n1. The molecule has 0 spiro atoms. The molecule has 1 amide bonds. The fourth-order valence-electron chi connectivity index (χ4n) is 4.43. The average molecular weight is 376 g/mol. The Balaban J connectivity index is 1.34. The first kappa shape index (κ1) is 17.2. The summed E-state index contributed by atoms with van der Waals surface area (Å²) in [4.78, 5) is 23.8. The fraction of sp³-hybridized carbons (Fsp3) is 0.429. The Kier molecular flexibility index (Phi) is 4.22. The van der Waals surface area contributed by atoms with Crippen LogP contribution < -0.4 is 10.2 Å². The van der Waals surface area contributed by atoms with Crippen LogP contribution in [0.25, 0.3) is 5.78 Å². The normalized spacial score (nSPS) is 19.0. The minimum atomic E-state index is -0.0472. The summed E-state index contributed by atoms with van der Waals surface area (Å²) in [6.07, 6.45) is 6.88. The number of carbonyl (C=O) groups is 1. The maximum atomic E-state index is 12.9. The Morgan fingerprint density at radius 1 is 1.18 bits per heavy atom. The van der Waals surface area contributed by atoms with E-state index >= 15 is 0 Å². The highest BCUT2D eigenvalue weighted by Crippen LogP contribution is 2.27. The second-order valence-corrected chi connectivity index (χ2v) is 7.84. The topological polar surface area (TPSA) is 75.4 Å². The van der Waals surface area contributed by atoms with Gasteiger partial charge < -0.3 is 10.2 Å². The van der Waals surface area contributed by atoms with E-state index in [1.54, 1.807) is 4.52 Å². The fourth-order valence-corrected chi connectivity index (χ4v) is 4.43. The molecule has 3 aromatic rings. The van der Waals surface area contributed by atoms with Crippen molar-refractivity contribution in [1.82, 2.24) is 19.6 Å². The van der Waals surface area contributed by atoms with Crippen LogP contribution in [-0.2, 0) is 17.6 Å². The molecule has 1 saturated heterocycles. The van der Waals surface area contributed by atoms with Gasteiger partial charge in [-0.05, 0) is 62.3 Å². The van der Waals surface area contributed by atoms with Crippen molar-refractivity contribution < 1.29 is 4.79 Å². The van der Waals surface area contributed by atoms with E-state index in [1.807, 2.05) is 19.1 Å². The lowest BCUT2D eigenvalue weighted by Crippen LogP contribution is -2.41. The van der Waals surface area contributed by atoms with Gasteiger partial charge in [-0.1, -0.05) is 6.07 Å². The van der Waals surface area contributed by atoms with Crippen LogP contribution in [-0.4, -0.2) is 38.6 Å². The van der Waals surface area contributed by atoms with Gasteiger partial charge in [0.05, 0.1) is 5.92 Å². The quantitative estimate of drug-likeness (QED) is 0.761. The zero-order chi connectivity index (χ0) is 19.1. The largest absolute Gasteiger partial charge is 0.356 e. The molecule has 0 radical (unpaired) electrons. The number of hydrogen-bond donors (Lipinski definition) is 1. The van der Waals surface area contributed by atoms with Crippen molar-refractivity contribution in [2.75, 3.05) is 23.3 Å². The second-order valence-electron chi connectivity index (χ2n) is 7.84. The molecule has 2 aromatic heterocycles. The van der Waals surface area contributed by atoms with E-state index in [1.165, 1.54) is 23.9 Å². The zero-order valence-corrected chi connectivity index (χ0v) is 16.1. The Bertz CT molecular complexity index is 1040. The Morgan fingerprint density at radius 3 is 3.00 bits per heavy atom. The summed E-state index contributed by atoms with van der Waals surface area (Å²) in [7, 11) is 0. The molecule has 0 bridgehead atoms. The number of carbonyl (C=O) groups excluding carboxylic acids is 1. The first-order valence-corrected chi connectivity index (χ1v) is 10.0. The molecule has 5 rings (SSSR count). The van der Waals surface area contributed by atoms with Crippen LogP contribution in [0.2, 0.25) is 0 Å². The summed E-state index contributed by atoms with van der Waals surface area (Å²) in [5.41, 5.74) is 4.62. The molecule has 1 atom stereocenters. The van der Waals surface area contributed by atoms with Gasteiger partial charge in [-0.2, -0.15) is 14.6 Å². The Hall–Kier alpha value is -2.96. The molecular weight excluding hydrogens is 352 g/mol. The summed E-state index contributed by atoms with van der Waals surface area (Å²) >= 11 is 0. The minimum Gasteiger partial charge on any atom is -0.356 e. The van der Waals surface area contributed by atoms with Crippen LogP contribution in [0.1, 0.15) is 36.1 Å². The number of amides is 1. The summed E-state index contributed by atoms with van der Waals surface area (Å²) < 4.78 is 1.76. The van der Waals surface area contributed by atoms with Gasteiger partial charge in [0.15, 0.2) is 0 Å². The molecule has 144 valence electrons. The predicted molar refractivity (Wildman–Crippen MR) is 108 cm³/mol. The van der Waals surface area contributed by atoms with Crippen LogP contribution in [0, 0.1) is 12.8 Å². The van der Waals surface area contributed by atoms with E-state index in [4.69, 9.17) is 0 Å². The van der Waals surface area contributed by atoms with Crippen LogP contribution in [0.5, 0.6) is 0 Å². The third-order valence-electron chi connectivity index (χ3n) is 5.84. The van der Waals surface area contributed by atoms with Crippen molar-refractivity contribution in [3.05, 3.63) is 47.4 Å². The maximum Gasteiger partial charge on any atom is 0.254 e. The van der Waals surface area contributed by atoms with E-state index in [9.17, 15) is 4.79 Å². The molecule has 2 aliphatic rings. The number of anilines is 2. The van der Waals surface area contributed by atoms with Gasteiger partial charge in [0.25, 0.3) is 5.78 Å². The molecule has 1 aromatic carbocycles. The number of benzene rings is 1. The molecular formula is C21H24N6O. The summed E-state index contributed by atoms with van der Waals surface area (Å²) in [5.74, 6) is 1.60. The van der Waals surface area contributed by atoms with Gasteiger partial charge in [0.2, 0.25) is 5.91 Å². The van der Waals surface area contributed by atoms with Crippen molar-refractivity contribution in [1.29, 1.82) is 0 Å². The van der Waals surface area contributed by atoms with Crippen molar-refractivity contribution in [3.8, 4) is 0 Å². The third-order valence-corrected chi connectivity index (χ3v) is 5.84. The molecule has 7 nitrogen and oxygen atoms in total. The van der Waals surface area contributed by atoms with Crippen molar-refractivity contribution in [3.63, 3.8) is 0 Å². The number of nitrogens with zero attached hydrogens (tertiary/aromatic N) is 5. The smallest absolute Gasteiger partial charge is 0.254 e. The lowest BCUT2D eigenvalue weighted by Gasteiger charge is -2.33. The number of aryl methyl sites for hydroxylation is 3. The second kappa shape index (κ2) is 6.89. The van der Waals surface area contributed by atoms with Gasteiger partial charge in [-0.3, -0.25) is 4.79 Å². The lowest BCUT2D eigenvalue weighted by molar-refractivity contribution is -0.120. The number of rotatable bonds is 3. The van der Waals surface area contributed by atoms with Crippen molar-refractivity contribution in [2.45, 2.75) is 39.0 Å². The Morgan fingerprint density at radius 2 is 2.07 bits per heavy atom. The van der Waals surface area contributed by atoms with Crippen LogP contribution in [0.3, 0.4) is 0 Å².